The molecule has 0 aromatic rings. The molecule has 0 rings (SSSR count). The van der Waals surface area contributed by atoms with Crippen LogP contribution in [0.15, 0.2) is 12.7 Å². The number of hydrogen-bond donors (Lipinski definition) is 2. The van der Waals surface area contributed by atoms with E-state index in [0.29, 0.717) is 6.42 Å². The summed E-state index contributed by atoms with van der Waals surface area (Å²) in [5, 5.41) is 16.1. The van der Waals surface area contributed by atoms with Gasteiger partial charge in [0.05, 0.1) is 0 Å². The standard InChI is InChI=1S/C18H36O2.C3H4O2.Na.H/c1-2-3-4-5-6-7-8-9-10-11-12-13-14-15-16-17-18(19)20;1-2-3(4)5;;/h2-17H2,1H3,(H,19,20);2H,1H2,(H,4,5);;/q;;+1;-1. The Morgan fingerprint density at radius 1 is 0.731 bits per heavy atom. The van der Waals surface area contributed by atoms with Crippen LogP contribution in [0.2, 0.25) is 0 Å². The van der Waals surface area contributed by atoms with E-state index in [4.69, 9.17) is 10.2 Å². The van der Waals surface area contributed by atoms with Crippen LogP contribution < -0.4 is 29.6 Å². The smallest absolute Gasteiger partial charge is 1.00 e. The third-order valence-electron chi connectivity index (χ3n) is 4.17. The Hall–Kier alpha value is -0.320. The zero-order chi connectivity index (χ0) is 19.2. The fourth-order valence-corrected chi connectivity index (χ4v) is 2.65. The molecule has 0 unspecified atom stereocenters. The predicted octanol–water partition coefficient (Wildman–Crippen LogP) is 3.71. The van der Waals surface area contributed by atoms with Crippen molar-refractivity contribution in [2.45, 2.75) is 110 Å². The third kappa shape index (κ3) is 34.9. The van der Waals surface area contributed by atoms with Crippen LogP contribution in [-0.4, -0.2) is 22.2 Å². The third-order valence-corrected chi connectivity index (χ3v) is 4.17. The average Bonchev–Trinajstić information content (AvgIpc) is 2.58. The van der Waals surface area contributed by atoms with Gasteiger partial charge in [0.1, 0.15) is 0 Å². The van der Waals surface area contributed by atoms with E-state index in [1.807, 2.05) is 0 Å². The van der Waals surface area contributed by atoms with Crippen LogP contribution in [0, 0.1) is 0 Å². The number of aliphatic carboxylic acids is 2. The Balaban J connectivity index is -0.000000333. The molecule has 0 aliphatic rings. The molecular formula is C21H41NaO4. The zero-order valence-corrected chi connectivity index (χ0v) is 19.3. The van der Waals surface area contributed by atoms with E-state index in [1.54, 1.807) is 0 Å². The van der Waals surface area contributed by atoms with Crippen LogP contribution in [0.3, 0.4) is 0 Å². The zero-order valence-electron chi connectivity index (χ0n) is 18.3. The molecule has 4 nitrogen and oxygen atoms in total. The van der Waals surface area contributed by atoms with Crippen LogP contribution in [0.5, 0.6) is 0 Å². The topological polar surface area (TPSA) is 74.6 Å². The maximum atomic E-state index is 10.3. The number of carbonyl (C=O) groups is 2. The largest absolute Gasteiger partial charge is 1.00 e. The number of carboxylic acids is 2. The minimum Gasteiger partial charge on any atom is -1.00 e. The molecule has 26 heavy (non-hydrogen) atoms. The van der Waals surface area contributed by atoms with E-state index in [9.17, 15) is 9.59 Å². The molecule has 2 N–H and O–H groups in total. The van der Waals surface area contributed by atoms with Gasteiger partial charge in [0.25, 0.3) is 0 Å². The van der Waals surface area contributed by atoms with Gasteiger partial charge >= 0.3 is 41.5 Å². The quantitative estimate of drug-likeness (QED) is 0.229. The van der Waals surface area contributed by atoms with Crippen molar-refractivity contribution in [1.82, 2.24) is 0 Å². The molecule has 0 heterocycles. The van der Waals surface area contributed by atoms with E-state index < -0.39 is 11.9 Å². The maximum Gasteiger partial charge on any atom is 1.00 e. The molecule has 0 aromatic heterocycles. The predicted molar refractivity (Wildman–Crippen MR) is 106 cm³/mol. The van der Waals surface area contributed by atoms with E-state index in [2.05, 4.69) is 13.5 Å². The molecule has 0 aromatic carbocycles. The number of unbranched alkanes of at least 4 members (excludes halogenated alkanes) is 14. The first-order valence-corrected chi connectivity index (χ1v) is 10.1. The monoisotopic (exact) mass is 380 g/mol. The molecule has 0 atom stereocenters. The average molecular weight is 381 g/mol. The van der Waals surface area contributed by atoms with Gasteiger partial charge in [-0.2, -0.15) is 0 Å². The van der Waals surface area contributed by atoms with Crippen LogP contribution >= 0.6 is 0 Å². The SMILES string of the molecule is C=CC(=O)O.CCCCCCCCCCCCCCCCCC(=O)O.[H-].[Na+]. The van der Waals surface area contributed by atoms with Crippen molar-refractivity contribution < 1.29 is 50.8 Å². The molecule has 0 aliphatic carbocycles. The summed E-state index contributed by atoms with van der Waals surface area (Å²) in [4.78, 5) is 19.6. The molecule has 5 heteroatoms. The van der Waals surface area contributed by atoms with Crippen molar-refractivity contribution in [2.24, 2.45) is 0 Å². The molecule has 0 spiro atoms. The van der Waals surface area contributed by atoms with Crippen molar-refractivity contribution in [1.29, 1.82) is 0 Å². The summed E-state index contributed by atoms with van der Waals surface area (Å²) >= 11 is 0. The maximum absolute atomic E-state index is 10.3. The van der Waals surface area contributed by atoms with Gasteiger partial charge in [0, 0.05) is 12.5 Å². The van der Waals surface area contributed by atoms with Crippen molar-refractivity contribution in [2.75, 3.05) is 0 Å². The number of hydrogen-bond acceptors (Lipinski definition) is 2. The molecule has 0 fully saturated rings. The molecule has 0 radical (unpaired) electrons. The van der Waals surface area contributed by atoms with Crippen molar-refractivity contribution >= 4 is 11.9 Å². The van der Waals surface area contributed by atoms with E-state index in [1.165, 1.54) is 83.5 Å². The van der Waals surface area contributed by atoms with Crippen molar-refractivity contribution in [3.8, 4) is 0 Å². The summed E-state index contributed by atoms with van der Waals surface area (Å²) in [5.41, 5.74) is 0. The van der Waals surface area contributed by atoms with Gasteiger partial charge in [0.2, 0.25) is 0 Å². The van der Waals surface area contributed by atoms with Gasteiger partial charge in [0.15, 0.2) is 0 Å². The van der Waals surface area contributed by atoms with Gasteiger partial charge in [-0.15, -0.1) is 0 Å². The number of carboxylic acid groups (broad SMARTS) is 2. The van der Waals surface area contributed by atoms with Crippen molar-refractivity contribution in [3.63, 3.8) is 0 Å². The summed E-state index contributed by atoms with van der Waals surface area (Å²) in [7, 11) is 0. The second-order valence-electron chi connectivity index (χ2n) is 6.64. The summed E-state index contributed by atoms with van der Waals surface area (Å²) in [5.74, 6) is -1.63. The van der Waals surface area contributed by atoms with Gasteiger partial charge < -0.3 is 11.6 Å². The Morgan fingerprint density at radius 2 is 1.00 bits per heavy atom. The first-order valence-electron chi connectivity index (χ1n) is 10.1. The van der Waals surface area contributed by atoms with Crippen LogP contribution in [0.4, 0.5) is 0 Å². The Kier molecular flexibility index (Phi) is 31.5. The summed E-state index contributed by atoms with van der Waals surface area (Å²) in [6, 6.07) is 0. The normalized spacial score (nSPS) is 9.58. The van der Waals surface area contributed by atoms with E-state index in [-0.39, 0.29) is 31.0 Å². The molecular weight excluding hydrogens is 339 g/mol. The Labute approximate surface area is 184 Å². The van der Waals surface area contributed by atoms with Gasteiger partial charge in [-0.05, 0) is 6.42 Å². The Morgan fingerprint density at radius 3 is 1.23 bits per heavy atom. The van der Waals surface area contributed by atoms with Crippen LogP contribution in [0.1, 0.15) is 111 Å². The fourth-order valence-electron chi connectivity index (χ4n) is 2.65. The first-order chi connectivity index (χ1) is 12.0. The van der Waals surface area contributed by atoms with Crippen molar-refractivity contribution in [3.05, 3.63) is 12.7 Å². The number of rotatable bonds is 17. The molecule has 0 saturated carbocycles. The molecule has 0 aliphatic heterocycles. The molecule has 0 amide bonds. The molecule has 150 valence electrons. The Bertz CT molecular complexity index is 325. The van der Waals surface area contributed by atoms with Crippen LogP contribution in [0.25, 0.3) is 0 Å². The fraction of sp³-hybridized carbons (Fsp3) is 0.810. The van der Waals surface area contributed by atoms with E-state index in [0.717, 1.165) is 18.9 Å². The van der Waals surface area contributed by atoms with Gasteiger partial charge in [-0.1, -0.05) is 103 Å². The summed E-state index contributed by atoms with van der Waals surface area (Å²) in [6.45, 7) is 5.23. The van der Waals surface area contributed by atoms with Crippen LogP contribution in [-0.2, 0) is 9.59 Å². The second-order valence-corrected chi connectivity index (χ2v) is 6.64. The summed E-state index contributed by atoms with van der Waals surface area (Å²) in [6.07, 6.45) is 21.0. The molecule has 0 bridgehead atoms. The van der Waals surface area contributed by atoms with E-state index >= 15 is 0 Å². The minimum absolute atomic E-state index is 0. The molecule has 0 saturated heterocycles. The first kappa shape index (κ1) is 30.4. The van der Waals surface area contributed by atoms with Gasteiger partial charge in [-0.25, -0.2) is 4.79 Å². The minimum atomic E-state index is -0.981. The summed E-state index contributed by atoms with van der Waals surface area (Å²) < 4.78 is 0. The van der Waals surface area contributed by atoms with Gasteiger partial charge in [-0.3, -0.25) is 4.79 Å². The second kappa shape index (κ2) is 26.9.